The Morgan fingerprint density at radius 2 is 1.65 bits per heavy atom. The Morgan fingerprint density at radius 3 is 2.29 bits per heavy atom. The Labute approximate surface area is 207 Å². The predicted molar refractivity (Wildman–Crippen MR) is 134 cm³/mol. The first kappa shape index (κ1) is 21.6. The van der Waals surface area contributed by atoms with E-state index in [1.165, 1.54) is 0 Å². The summed E-state index contributed by atoms with van der Waals surface area (Å²) in [5, 5.41) is 7.65. The number of aromatic nitrogens is 1. The lowest BCUT2D eigenvalue weighted by Gasteiger charge is -2.37. The smallest absolute Gasteiger partial charge is 0.254 e. The highest BCUT2D eigenvalue weighted by Crippen LogP contribution is 2.49. The van der Waals surface area contributed by atoms with Crippen LogP contribution in [-0.4, -0.2) is 27.6 Å². The maximum atomic E-state index is 13.1. The second-order valence-electron chi connectivity index (χ2n) is 9.43. The van der Waals surface area contributed by atoms with Gasteiger partial charge >= 0.3 is 0 Å². The lowest BCUT2D eigenvalue weighted by atomic mass is 9.63. The number of carbonyl (C=O) groups is 2. The van der Waals surface area contributed by atoms with Gasteiger partial charge in [0.25, 0.3) is 11.8 Å². The number of imide groups is 1. The van der Waals surface area contributed by atoms with E-state index >= 15 is 0 Å². The average molecular weight is 492 g/mol. The fraction of sp³-hybridized carbons (Fsp3) is 0.296. The molecule has 3 aliphatic carbocycles. The van der Waals surface area contributed by atoms with Crippen LogP contribution in [0.25, 0.3) is 10.9 Å². The topological polar surface area (TPSA) is 54.7 Å². The first-order valence-corrected chi connectivity index (χ1v) is 12.3. The molecule has 4 aliphatic rings. The third kappa shape index (κ3) is 3.25. The molecule has 1 saturated carbocycles. The summed E-state index contributed by atoms with van der Waals surface area (Å²) >= 11 is 12.3. The summed E-state index contributed by atoms with van der Waals surface area (Å²) in [7, 11) is 0. The van der Waals surface area contributed by atoms with Gasteiger partial charge in [0.05, 0.1) is 28.1 Å². The van der Waals surface area contributed by atoms with Crippen molar-refractivity contribution in [2.45, 2.75) is 26.3 Å². The van der Waals surface area contributed by atoms with E-state index in [0.717, 1.165) is 45.6 Å². The van der Waals surface area contributed by atoms with Crippen LogP contribution in [0, 0.1) is 30.6 Å². The Balaban J connectivity index is 1.36. The van der Waals surface area contributed by atoms with Crippen LogP contribution in [-0.2, 0) is 16.1 Å². The molecule has 172 valence electrons. The molecule has 2 aromatic carbocycles. The zero-order valence-electron chi connectivity index (χ0n) is 18.6. The van der Waals surface area contributed by atoms with Gasteiger partial charge in [-0.3, -0.25) is 9.59 Å². The minimum Gasteiger partial charge on any atom is -0.340 e. The number of nitrogens with zero attached hydrogens (tertiary/aromatic N) is 3. The quantitative estimate of drug-likeness (QED) is 0.261. The van der Waals surface area contributed by atoms with Gasteiger partial charge in [0.1, 0.15) is 0 Å². The maximum Gasteiger partial charge on any atom is 0.254 e. The summed E-state index contributed by atoms with van der Waals surface area (Å²) in [6, 6.07) is 13.7. The number of hydrazone groups is 1. The summed E-state index contributed by atoms with van der Waals surface area (Å²) < 4.78 is 2.19. The van der Waals surface area contributed by atoms with Crippen molar-refractivity contribution in [3.05, 3.63) is 81.5 Å². The first-order chi connectivity index (χ1) is 16.4. The second kappa shape index (κ2) is 8.10. The van der Waals surface area contributed by atoms with Gasteiger partial charge in [0.15, 0.2) is 0 Å². The van der Waals surface area contributed by atoms with Gasteiger partial charge in [-0.25, -0.2) is 0 Å². The molecule has 34 heavy (non-hydrogen) atoms. The van der Waals surface area contributed by atoms with E-state index in [0.29, 0.717) is 16.6 Å². The molecule has 1 aliphatic heterocycles. The standard InChI is InChI=1S/C27H23Cl2N3O2/c1-15-20(13-30-32-26(33)24-17-7-8-18(10-9-17)25(24)27(32)34)19-4-2-3-5-23(19)31(15)14-16-6-11-21(28)22(29)12-16/h2-8,11-13,17-18,24-25H,9-10,14H2,1H3/b30-13-/t17-,18-,24-,25+/m0/s1. The molecule has 1 aromatic heterocycles. The fourth-order valence-electron chi connectivity index (χ4n) is 5.93. The van der Waals surface area contributed by atoms with Gasteiger partial charge in [-0.1, -0.05) is 59.6 Å². The minimum absolute atomic E-state index is 0.154. The average Bonchev–Trinajstić information content (AvgIpc) is 3.27. The molecule has 3 aromatic rings. The number of fused-ring (bicyclic) bond motifs is 2. The van der Waals surface area contributed by atoms with Crippen molar-refractivity contribution in [1.29, 1.82) is 0 Å². The van der Waals surface area contributed by atoms with Crippen LogP contribution in [0.1, 0.15) is 29.7 Å². The number of carbonyl (C=O) groups excluding carboxylic acids is 2. The molecule has 2 bridgehead atoms. The van der Waals surface area contributed by atoms with Crippen LogP contribution >= 0.6 is 23.2 Å². The van der Waals surface area contributed by atoms with Crippen molar-refractivity contribution in [2.24, 2.45) is 28.8 Å². The van der Waals surface area contributed by atoms with Gasteiger partial charge < -0.3 is 4.57 Å². The third-order valence-electron chi connectivity index (χ3n) is 7.64. The molecule has 0 unspecified atom stereocenters. The maximum absolute atomic E-state index is 13.1. The number of para-hydroxylation sites is 1. The van der Waals surface area contributed by atoms with Crippen molar-refractivity contribution in [1.82, 2.24) is 9.58 Å². The molecule has 2 amide bonds. The molecule has 0 radical (unpaired) electrons. The van der Waals surface area contributed by atoms with E-state index < -0.39 is 0 Å². The summed E-state index contributed by atoms with van der Waals surface area (Å²) in [5.74, 6) is -0.538. The summed E-state index contributed by atoms with van der Waals surface area (Å²) in [5.41, 5.74) is 3.96. The molecule has 7 rings (SSSR count). The number of allylic oxidation sites excluding steroid dienone is 2. The Hall–Kier alpha value is -2.89. The Kier molecular flexibility index (Phi) is 5.16. The van der Waals surface area contributed by atoms with Gasteiger partial charge in [-0.05, 0) is 55.4 Å². The molecule has 2 fully saturated rings. The molecule has 5 nitrogen and oxygen atoms in total. The van der Waals surface area contributed by atoms with Crippen LogP contribution in [0.4, 0.5) is 0 Å². The number of hydrogen-bond donors (Lipinski definition) is 0. The van der Waals surface area contributed by atoms with Crippen molar-refractivity contribution in [3.8, 4) is 0 Å². The third-order valence-corrected chi connectivity index (χ3v) is 8.38. The van der Waals surface area contributed by atoms with E-state index in [-0.39, 0.29) is 35.5 Å². The first-order valence-electron chi connectivity index (χ1n) is 11.6. The molecule has 0 spiro atoms. The highest BCUT2D eigenvalue weighted by molar-refractivity contribution is 6.42. The number of amides is 2. The lowest BCUT2D eigenvalue weighted by molar-refractivity contribution is -0.140. The van der Waals surface area contributed by atoms with E-state index in [2.05, 4.69) is 27.9 Å². The van der Waals surface area contributed by atoms with E-state index in [1.54, 1.807) is 12.3 Å². The van der Waals surface area contributed by atoms with Crippen LogP contribution < -0.4 is 0 Å². The molecule has 7 heteroatoms. The molecule has 0 N–H and O–H groups in total. The van der Waals surface area contributed by atoms with Gasteiger partial charge in [0.2, 0.25) is 0 Å². The van der Waals surface area contributed by atoms with Gasteiger partial charge in [-0.15, -0.1) is 0 Å². The number of benzene rings is 2. The zero-order valence-corrected chi connectivity index (χ0v) is 20.1. The van der Waals surface area contributed by atoms with Gasteiger partial charge in [-0.2, -0.15) is 10.1 Å². The highest BCUT2D eigenvalue weighted by atomic mass is 35.5. The number of halogens is 2. The SMILES string of the molecule is Cc1c(/C=N\N2C(=O)[C@@H]3[C@H](C2=O)[C@H]2C=C[C@H]3CC2)c2ccccc2n1Cc1ccc(Cl)c(Cl)c1. The van der Waals surface area contributed by atoms with Crippen LogP contribution in [0.2, 0.25) is 10.0 Å². The Bertz CT molecular complexity index is 1370. The summed E-state index contributed by atoms with van der Waals surface area (Å²) in [4.78, 5) is 26.3. The molecular weight excluding hydrogens is 469 g/mol. The van der Waals surface area contributed by atoms with Crippen molar-refractivity contribution in [3.63, 3.8) is 0 Å². The van der Waals surface area contributed by atoms with Crippen molar-refractivity contribution < 1.29 is 9.59 Å². The molecule has 4 atom stereocenters. The van der Waals surface area contributed by atoms with Crippen molar-refractivity contribution in [2.75, 3.05) is 0 Å². The number of rotatable bonds is 4. The largest absolute Gasteiger partial charge is 0.340 e. The molecule has 2 heterocycles. The fourth-order valence-corrected chi connectivity index (χ4v) is 6.25. The minimum atomic E-state index is -0.259. The monoisotopic (exact) mass is 491 g/mol. The Morgan fingerprint density at radius 1 is 0.971 bits per heavy atom. The van der Waals surface area contributed by atoms with Crippen LogP contribution in [0.15, 0.2) is 59.7 Å². The van der Waals surface area contributed by atoms with Crippen molar-refractivity contribution >= 4 is 52.1 Å². The van der Waals surface area contributed by atoms with Crippen LogP contribution in [0.5, 0.6) is 0 Å². The second-order valence-corrected chi connectivity index (χ2v) is 10.2. The van der Waals surface area contributed by atoms with E-state index in [9.17, 15) is 9.59 Å². The van der Waals surface area contributed by atoms with E-state index in [4.69, 9.17) is 23.2 Å². The van der Waals surface area contributed by atoms with Gasteiger partial charge in [0, 0.05) is 28.7 Å². The molecule has 1 saturated heterocycles. The summed E-state index contributed by atoms with van der Waals surface area (Å²) in [6.07, 6.45) is 7.86. The zero-order chi connectivity index (χ0) is 23.6. The van der Waals surface area contributed by atoms with Crippen LogP contribution in [0.3, 0.4) is 0 Å². The number of hydrogen-bond acceptors (Lipinski definition) is 3. The summed E-state index contributed by atoms with van der Waals surface area (Å²) in [6.45, 7) is 2.63. The van der Waals surface area contributed by atoms with E-state index in [1.807, 2.05) is 37.3 Å². The highest BCUT2D eigenvalue weighted by Gasteiger charge is 2.56. The predicted octanol–water partition coefficient (Wildman–Crippen LogP) is 5.84. The normalized spacial score (nSPS) is 25.8. The molecular formula is C27H23Cl2N3O2. The lowest BCUT2D eigenvalue weighted by Crippen LogP contribution is -2.38.